The minimum atomic E-state index is -0.617. The van der Waals surface area contributed by atoms with Crippen LogP contribution < -0.4 is 20.7 Å². The molecule has 0 saturated carbocycles. The molecule has 3 aromatic carbocycles. The van der Waals surface area contributed by atoms with Crippen LogP contribution in [0.1, 0.15) is 16.7 Å². The molecule has 0 amide bonds. The summed E-state index contributed by atoms with van der Waals surface area (Å²) in [7, 11) is 1.54. The maximum absolute atomic E-state index is 12.6. The molecule has 0 fully saturated rings. The summed E-state index contributed by atoms with van der Waals surface area (Å²) < 4.78 is 12.9. The number of halogens is 1. The quantitative estimate of drug-likeness (QED) is 0.407. The Balaban J connectivity index is 1.62. The molecule has 8 heteroatoms. The van der Waals surface area contributed by atoms with Gasteiger partial charge in [-0.1, -0.05) is 42.0 Å². The van der Waals surface area contributed by atoms with Crippen LogP contribution in [0.15, 0.2) is 79.8 Å². The third kappa shape index (κ3) is 4.50. The molecule has 0 unspecified atom stereocenters. The van der Waals surface area contributed by atoms with Crippen LogP contribution in [0.3, 0.4) is 0 Å². The number of hydrogen-bond acceptors (Lipinski definition) is 5. The first-order valence-corrected chi connectivity index (χ1v) is 10.6. The van der Waals surface area contributed by atoms with Crippen LogP contribution in [0.4, 0.5) is 0 Å². The average molecular weight is 494 g/mol. The molecule has 0 atom stereocenters. The van der Waals surface area contributed by atoms with Crippen molar-refractivity contribution in [2.75, 3.05) is 7.11 Å². The summed E-state index contributed by atoms with van der Waals surface area (Å²) in [4.78, 5) is 27.6. The Hall–Kier alpha value is -3.65. The van der Waals surface area contributed by atoms with E-state index in [2.05, 4.69) is 26.0 Å². The Morgan fingerprint density at radius 3 is 2.59 bits per heavy atom. The first kappa shape index (κ1) is 21.6. The zero-order chi connectivity index (χ0) is 22.7. The number of aromatic amines is 1. The number of para-hydroxylation sites is 1. The summed E-state index contributed by atoms with van der Waals surface area (Å²) in [5, 5.41) is 4.47. The normalized spacial score (nSPS) is 11.2. The van der Waals surface area contributed by atoms with Gasteiger partial charge in [0, 0.05) is 0 Å². The molecule has 1 aromatic heterocycles. The van der Waals surface area contributed by atoms with E-state index in [1.54, 1.807) is 43.5 Å². The second-order valence-electron chi connectivity index (χ2n) is 7.15. The minimum Gasteiger partial charge on any atom is -0.493 e. The summed E-state index contributed by atoms with van der Waals surface area (Å²) in [6, 6.07) is 18.4. The molecule has 0 aliphatic rings. The van der Waals surface area contributed by atoms with Crippen molar-refractivity contribution >= 4 is 33.0 Å². The van der Waals surface area contributed by atoms with Gasteiger partial charge in [-0.25, -0.2) is 4.79 Å². The first-order chi connectivity index (χ1) is 15.5. The zero-order valence-corrected chi connectivity index (χ0v) is 19.0. The summed E-state index contributed by atoms with van der Waals surface area (Å²) >= 11 is 3.51. The van der Waals surface area contributed by atoms with E-state index in [0.717, 1.165) is 10.2 Å². The van der Waals surface area contributed by atoms with Gasteiger partial charge < -0.3 is 14.5 Å². The Morgan fingerprint density at radius 2 is 1.84 bits per heavy atom. The summed E-state index contributed by atoms with van der Waals surface area (Å²) in [5.74, 6) is 1.04. The number of hydrogen-bond donors (Lipinski definition) is 1. The van der Waals surface area contributed by atoms with Gasteiger partial charge in [0.15, 0.2) is 11.5 Å². The number of rotatable bonds is 6. The highest BCUT2D eigenvalue weighted by Crippen LogP contribution is 2.36. The molecular weight excluding hydrogens is 474 g/mol. The third-order valence-corrected chi connectivity index (χ3v) is 5.45. The predicted octanol–water partition coefficient (Wildman–Crippen LogP) is 4.23. The average Bonchev–Trinajstić information content (AvgIpc) is 2.79. The van der Waals surface area contributed by atoms with Gasteiger partial charge in [0.05, 0.1) is 28.7 Å². The van der Waals surface area contributed by atoms with Crippen LogP contribution >= 0.6 is 15.9 Å². The van der Waals surface area contributed by atoms with Crippen molar-refractivity contribution in [3.8, 4) is 11.5 Å². The van der Waals surface area contributed by atoms with Crippen molar-refractivity contribution in [1.82, 2.24) is 9.66 Å². The lowest BCUT2D eigenvalue weighted by Gasteiger charge is -2.13. The molecule has 0 bridgehead atoms. The van der Waals surface area contributed by atoms with Crippen molar-refractivity contribution in [2.45, 2.75) is 13.5 Å². The van der Waals surface area contributed by atoms with Crippen molar-refractivity contribution < 1.29 is 9.47 Å². The van der Waals surface area contributed by atoms with E-state index in [1.807, 2.05) is 31.2 Å². The van der Waals surface area contributed by atoms with Crippen molar-refractivity contribution in [3.63, 3.8) is 0 Å². The molecule has 7 nitrogen and oxygen atoms in total. The zero-order valence-electron chi connectivity index (χ0n) is 17.5. The van der Waals surface area contributed by atoms with E-state index in [9.17, 15) is 9.59 Å². The van der Waals surface area contributed by atoms with Crippen molar-refractivity contribution in [1.29, 1.82) is 0 Å². The largest absolute Gasteiger partial charge is 0.493 e. The van der Waals surface area contributed by atoms with E-state index in [1.165, 1.54) is 11.8 Å². The Kier molecular flexibility index (Phi) is 6.23. The molecule has 162 valence electrons. The fraction of sp³-hybridized carbons (Fsp3) is 0.125. The molecular formula is C24H20BrN3O4. The Labute approximate surface area is 192 Å². The molecule has 1 N–H and O–H groups in total. The third-order valence-electron chi connectivity index (χ3n) is 4.86. The fourth-order valence-corrected chi connectivity index (χ4v) is 3.75. The van der Waals surface area contributed by atoms with Crippen LogP contribution in [0, 0.1) is 6.92 Å². The van der Waals surface area contributed by atoms with E-state index in [0.29, 0.717) is 39.0 Å². The van der Waals surface area contributed by atoms with Gasteiger partial charge in [-0.15, -0.1) is 4.68 Å². The maximum Gasteiger partial charge on any atom is 0.349 e. The SMILES string of the molecule is COc1cc(C=Nn2c(=O)[nH]c3ccccc3c2=O)cc(Br)c1OCc1ccc(C)cc1. The second kappa shape index (κ2) is 9.23. The number of fused-ring (bicyclic) bond motifs is 1. The van der Waals surface area contributed by atoms with Crippen LogP contribution in [0.25, 0.3) is 10.9 Å². The number of aromatic nitrogens is 2. The van der Waals surface area contributed by atoms with Gasteiger partial charge in [0.1, 0.15) is 6.61 Å². The second-order valence-corrected chi connectivity index (χ2v) is 8.00. The van der Waals surface area contributed by atoms with Gasteiger partial charge in [-0.3, -0.25) is 4.79 Å². The molecule has 0 aliphatic heterocycles. The highest BCUT2D eigenvalue weighted by Gasteiger charge is 2.12. The number of nitrogens with one attached hydrogen (secondary N) is 1. The highest BCUT2D eigenvalue weighted by molar-refractivity contribution is 9.10. The lowest BCUT2D eigenvalue weighted by atomic mass is 10.2. The van der Waals surface area contributed by atoms with E-state index in [-0.39, 0.29) is 0 Å². The van der Waals surface area contributed by atoms with E-state index in [4.69, 9.17) is 9.47 Å². The smallest absolute Gasteiger partial charge is 0.349 e. The van der Waals surface area contributed by atoms with Crippen LogP contribution in [-0.4, -0.2) is 23.0 Å². The number of aryl methyl sites for hydroxylation is 1. The van der Waals surface area contributed by atoms with Gasteiger partial charge in [-0.2, -0.15) is 5.10 Å². The topological polar surface area (TPSA) is 85.7 Å². The number of nitrogens with zero attached hydrogens (tertiary/aromatic N) is 2. The van der Waals surface area contributed by atoms with Crippen molar-refractivity contribution in [2.24, 2.45) is 5.10 Å². The van der Waals surface area contributed by atoms with Crippen molar-refractivity contribution in [3.05, 3.63) is 103 Å². The fourth-order valence-electron chi connectivity index (χ4n) is 3.18. The van der Waals surface area contributed by atoms with Gasteiger partial charge >= 0.3 is 5.69 Å². The molecule has 0 spiro atoms. The number of H-pyrrole nitrogens is 1. The molecule has 0 aliphatic carbocycles. The number of ether oxygens (including phenoxy) is 2. The number of benzene rings is 3. The van der Waals surface area contributed by atoms with Gasteiger partial charge in [0.2, 0.25) is 0 Å². The van der Waals surface area contributed by atoms with E-state index >= 15 is 0 Å². The molecule has 0 saturated heterocycles. The predicted molar refractivity (Wildman–Crippen MR) is 128 cm³/mol. The molecule has 32 heavy (non-hydrogen) atoms. The van der Waals surface area contributed by atoms with Crippen LogP contribution in [0.2, 0.25) is 0 Å². The lowest BCUT2D eigenvalue weighted by Crippen LogP contribution is -2.32. The summed E-state index contributed by atoms with van der Waals surface area (Å²) in [5.41, 5.74) is 2.19. The van der Waals surface area contributed by atoms with Gasteiger partial charge in [-0.05, 0) is 58.2 Å². The molecule has 0 radical (unpaired) electrons. The lowest BCUT2D eigenvalue weighted by molar-refractivity contribution is 0.282. The standard InChI is InChI=1S/C24H20BrN3O4/c1-15-7-9-16(10-8-15)14-32-22-19(25)11-17(12-21(22)31-2)13-26-28-23(29)18-5-3-4-6-20(18)27-24(28)30/h3-13H,14H2,1-2H3,(H,27,30). The molecule has 4 rings (SSSR count). The molecule has 4 aromatic rings. The number of methoxy groups -OCH3 is 1. The summed E-state index contributed by atoms with van der Waals surface area (Å²) in [6.45, 7) is 2.41. The monoisotopic (exact) mass is 493 g/mol. The highest BCUT2D eigenvalue weighted by atomic mass is 79.9. The van der Waals surface area contributed by atoms with Gasteiger partial charge in [0.25, 0.3) is 5.56 Å². The Bertz CT molecular complexity index is 1420. The maximum atomic E-state index is 12.6. The summed E-state index contributed by atoms with van der Waals surface area (Å²) in [6.07, 6.45) is 1.42. The first-order valence-electron chi connectivity index (χ1n) is 9.80. The van der Waals surface area contributed by atoms with E-state index < -0.39 is 11.2 Å². The van der Waals surface area contributed by atoms with Crippen LogP contribution in [0.5, 0.6) is 11.5 Å². The molecule has 1 heterocycles. The van der Waals surface area contributed by atoms with Crippen LogP contribution in [-0.2, 0) is 6.61 Å². The minimum absolute atomic E-state index is 0.378. The Morgan fingerprint density at radius 1 is 1.09 bits per heavy atom.